The van der Waals surface area contributed by atoms with Crippen molar-refractivity contribution in [1.82, 2.24) is 5.48 Å². The molecule has 1 unspecified atom stereocenters. The van der Waals surface area contributed by atoms with Crippen LogP contribution in [0.4, 0.5) is 0 Å². The summed E-state index contributed by atoms with van der Waals surface area (Å²) in [5.74, 6) is 0. The minimum atomic E-state index is -0.848. The van der Waals surface area contributed by atoms with Crippen LogP contribution in [0.15, 0.2) is 24.3 Å². The molecule has 0 bridgehead atoms. The molecule has 4 nitrogen and oxygen atoms in total. The molecule has 1 atom stereocenters. The van der Waals surface area contributed by atoms with Gasteiger partial charge < -0.3 is 15.4 Å². The van der Waals surface area contributed by atoms with Crippen molar-refractivity contribution in [3.8, 4) is 0 Å². The van der Waals surface area contributed by atoms with E-state index in [9.17, 15) is 5.11 Å². The third-order valence-electron chi connectivity index (χ3n) is 1.79. The van der Waals surface area contributed by atoms with Gasteiger partial charge in [0, 0.05) is 6.54 Å². The summed E-state index contributed by atoms with van der Waals surface area (Å²) in [5, 5.41) is 26.4. The summed E-state index contributed by atoms with van der Waals surface area (Å²) in [6.07, 6.45) is -0.848. The Morgan fingerprint density at radius 2 is 2.15 bits per heavy atom. The standard InChI is InChI=1S/C9H13NO3/c11-6-9(12)8-3-1-2-7(4-8)5-10-13/h1-4,9-13H,5-6H2. The Balaban J connectivity index is 2.78. The maximum atomic E-state index is 9.29. The zero-order valence-corrected chi connectivity index (χ0v) is 7.14. The van der Waals surface area contributed by atoms with Gasteiger partial charge in [-0.15, -0.1) is 0 Å². The Morgan fingerprint density at radius 1 is 1.38 bits per heavy atom. The molecule has 0 amide bonds. The summed E-state index contributed by atoms with van der Waals surface area (Å²) in [5.41, 5.74) is 3.53. The SMILES string of the molecule is OCC(O)c1cccc(CNO)c1. The third kappa shape index (κ3) is 2.78. The number of hydrogen-bond acceptors (Lipinski definition) is 4. The van der Waals surface area contributed by atoms with E-state index in [2.05, 4.69) is 0 Å². The Kier molecular flexibility index (Phi) is 3.85. The average molecular weight is 183 g/mol. The van der Waals surface area contributed by atoms with Gasteiger partial charge in [0.05, 0.1) is 6.61 Å². The molecule has 72 valence electrons. The minimum Gasteiger partial charge on any atom is -0.393 e. The lowest BCUT2D eigenvalue weighted by Crippen LogP contribution is -2.08. The van der Waals surface area contributed by atoms with Gasteiger partial charge >= 0.3 is 0 Å². The molecule has 0 heterocycles. The first kappa shape index (κ1) is 10.1. The van der Waals surface area contributed by atoms with E-state index in [1.165, 1.54) is 0 Å². The lowest BCUT2D eigenvalue weighted by atomic mass is 10.1. The van der Waals surface area contributed by atoms with Crippen LogP contribution in [0.1, 0.15) is 17.2 Å². The molecule has 4 N–H and O–H groups in total. The van der Waals surface area contributed by atoms with E-state index in [1.807, 2.05) is 11.5 Å². The topological polar surface area (TPSA) is 72.7 Å². The Morgan fingerprint density at radius 3 is 2.77 bits per heavy atom. The molecule has 0 saturated heterocycles. The molecule has 0 spiro atoms. The Hall–Kier alpha value is -0.940. The number of rotatable bonds is 4. The van der Waals surface area contributed by atoms with Crippen LogP contribution in [-0.2, 0) is 6.54 Å². The van der Waals surface area contributed by atoms with Crippen molar-refractivity contribution in [2.45, 2.75) is 12.6 Å². The summed E-state index contributed by atoms with van der Waals surface area (Å²) in [6, 6.07) is 7.03. The lowest BCUT2D eigenvalue weighted by molar-refractivity contribution is 0.0954. The van der Waals surface area contributed by atoms with Gasteiger partial charge in [-0.05, 0) is 11.1 Å². The fourth-order valence-electron chi connectivity index (χ4n) is 1.11. The van der Waals surface area contributed by atoms with Crippen LogP contribution in [0.3, 0.4) is 0 Å². The number of hydroxylamine groups is 1. The molecule has 1 rings (SSSR count). The van der Waals surface area contributed by atoms with Crippen LogP contribution in [0.2, 0.25) is 0 Å². The summed E-state index contributed by atoms with van der Waals surface area (Å²) in [4.78, 5) is 0. The van der Waals surface area contributed by atoms with Gasteiger partial charge in [0.1, 0.15) is 6.10 Å². The number of nitrogens with one attached hydrogen (secondary N) is 1. The average Bonchev–Trinajstić information content (AvgIpc) is 2.18. The quantitative estimate of drug-likeness (QED) is 0.503. The summed E-state index contributed by atoms with van der Waals surface area (Å²) in [7, 11) is 0. The van der Waals surface area contributed by atoms with Crippen molar-refractivity contribution in [1.29, 1.82) is 0 Å². The monoisotopic (exact) mass is 183 g/mol. The van der Waals surface area contributed by atoms with Crippen molar-refractivity contribution < 1.29 is 15.4 Å². The minimum absolute atomic E-state index is 0.296. The highest BCUT2D eigenvalue weighted by molar-refractivity contribution is 5.25. The van der Waals surface area contributed by atoms with Gasteiger partial charge in [-0.2, -0.15) is 0 Å². The molecular weight excluding hydrogens is 170 g/mol. The molecule has 0 aliphatic carbocycles. The summed E-state index contributed by atoms with van der Waals surface area (Å²) >= 11 is 0. The molecule has 13 heavy (non-hydrogen) atoms. The zero-order chi connectivity index (χ0) is 9.68. The van der Waals surface area contributed by atoms with Gasteiger partial charge in [-0.3, -0.25) is 0 Å². The second kappa shape index (κ2) is 4.94. The second-order valence-electron chi connectivity index (χ2n) is 2.78. The van der Waals surface area contributed by atoms with Crippen LogP contribution in [0, 0.1) is 0 Å². The molecule has 4 heteroatoms. The van der Waals surface area contributed by atoms with E-state index >= 15 is 0 Å². The van der Waals surface area contributed by atoms with Crippen molar-refractivity contribution in [2.75, 3.05) is 6.61 Å². The molecule has 0 radical (unpaired) electrons. The van der Waals surface area contributed by atoms with Crippen LogP contribution >= 0.6 is 0 Å². The second-order valence-corrected chi connectivity index (χ2v) is 2.78. The van der Waals surface area contributed by atoms with Gasteiger partial charge in [0.2, 0.25) is 0 Å². The van der Waals surface area contributed by atoms with Crippen LogP contribution < -0.4 is 5.48 Å². The smallest absolute Gasteiger partial charge is 0.102 e. The van der Waals surface area contributed by atoms with E-state index in [4.69, 9.17) is 10.3 Å². The number of benzene rings is 1. The van der Waals surface area contributed by atoms with Crippen LogP contribution in [0.5, 0.6) is 0 Å². The zero-order valence-electron chi connectivity index (χ0n) is 7.14. The maximum absolute atomic E-state index is 9.29. The highest BCUT2D eigenvalue weighted by atomic mass is 16.5. The predicted octanol–water partition coefficient (Wildman–Crippen LogP) is 0.191. The molecule has 1 aromatic rings. The van der Waals surface area contributed by atoms with Gasteiger partial charge in [0.15, 0.2) is 0 Å². The molecule has 0 aromatic heterocycles. The Labute approximate surface area is 76.4 Å². The lowest BCUT2D eigenvalue weighted by Gasteiger charge is -2.08. The van der Waals surface area contributed by atoms with E-state index in [0.717, 1.165) is 5.56 Å². The van der Waals surface area contributed by atoms with Crippen LogP contribution in [0.25, 0.3) is 0 Å². The molecule has 1 aromatic carbocycles. The first-order valence-corrected chi connectivity index (χ1v) is 4.02. The molecular formula is C9H13NO3. The van der Waals surface area contributed by atoms with Gasteiger partial charge in [0.25, 0.3) is 0 Å². The Bertz CT molecular complexity index is 265. The molecule has 0 aliphatic heterocycles. The van der Waals surface area contributed by atoms with Crippen molar-refractivity contribution in [2.24, 2.45) is 0 Å². The predicted molar refractivity (Wildman–Crippen MR) is 47.1 cm³/mol. The van der Waals surface area contributed by atoms with Crippen molar-refractivity contribution >= 4 is 0 Å². The van der Waals surface area contributed by atoms with Crippen molar-refractivity contribution in [3.05, 3.63) is 35.4 Å². The fourth-order valence-corrected chi connectivity index (χ4v) is 1.11. The number of hydrogen-bond donors (Lipinski definition) is 4. The maximum Gasteiger partial charge on any atom is 0.102 e. The van der Waals surface area contributed by atoms with Gasteiger partial charge in [-0.25, -0.2) is 5.48 Å². The normalized spacial score (nSPS) is 12.8. The highest BCUT2D eigenvalue weighted by Gasteiger charge is 2.05. The first-order valence-electron chi connectivity index (χ1n) is 4.02. The van der Waals surface area contributed by atoms with Crippen LogP contribution in [-0.4, -0.2) is 22.0 Å². The number of aliphatic hydroxyl groups is 2. The summed E-state index contributed by atoms with van der Waals surface area (Å²) < 4.78 is 0. The third-order valence-corrected chi connectivity index (χ3v) is 1.79. The highest BCUT2D eigenvalue weighted by Crippen LogP contribution is 2.13. The molecule has 0 aliphatic rings. The molecule has 0 fully saturated rings. The number of aliphatic hydroxyl groups excluding tert-OH is 2. The van der Waals surface area contributed by atoms with Crippen molar-refractivity contribution in [3.63, 3.8) is 0 Å². The van der Waals surface area contributed by atoms with E-state index in [0.29, 0.717) is 12.1 Å². The van der Waals surface area contributed by atoms with Gasteiger partial charge in [-0.1, -0.05) is 24.3 Å². The fraction of sp³-hybridized carbons (Fsp3) is 0.333. The summed E-state index contributed by atoms with van der Waals surface area (Å²) in [6.45, 7) is 0.0298. The first-order chi connectivity index (χ1) is 6.27. The van der Waals surface area contributed by atoms with E-state index in [1.54, 1.807) is 18.2 Å². The van der Waals surface area contributed by atoms with E-state index < -0.39 is 6.10 Å². The van der Waals surface area contributed by atoms with E-state index in [-0.39, 0.29) is 6.61 Å². The largest absolute Gasteiger partial charge is 0.393 e. The molecule has 0 saturated carbocycles.